The van der Waals surface area contributed by atoms with Crippen molar-refractivity contribution in [3.8, 4) is 11.8 Å². The second-order valence-electron chi connectivity index (χ2n) is 5.67. The minimum Gasteiger partial charge on any atom is -0.423 e. The molecule has 0 saturated carbocycles. The molecule has 4 aromatic rings. The molecule has 0 fully saturated rings. The summed E-state index contributed by atoms with van der Waals surface area (Å²) in [7, 11) is -1.62. The number of para-hydroxylation sites is 2. The largest absolute Gasteiger partial charge is 0.488 e. The van der Waals surface area contributed by atoms with E-state index in [9.17, 15) is 15.3 Å². The molecule has 0 aliphatic carbocycles. The number of nitriles is 1. The van der Waals surface area contributed by atoms with Gasteiger partial charge in [0.1, 0.15) is 0 Å². The first-order chi connectivity index (χ1) is 11.7. The van der Waals surface area contributed by atoms with Gasteiger partial charge in [-0.3, -0.25) is 0 Å². The summed E-state index contributed by atoms with van der Waals surface area (Å²) in [6.07, 6.45) is 0. The summed E-state index contributed by atoms with van der Waals surface area (Å²) < 4.78 is 2.04. The van der Waals surface area contributed by atoms with E-state index in [4.69, 9.17) is 0 Å². The fourth-order valence-electron chi connectivity index (χ4n) is 3.18. The maximum absolute atomic E-state index is 9.53. The molecule has 0 unspecified atom stereocenters. The standard InChI is InChI=1S/C19H13BN2O2/c21-12-13-9-14(20(23)24)11-15(10-13)22-18-7-3-1-5-16(18)17-6-2-4-8-19(17)22/h1-11,23-24H. The van der Waals surface area contributed by atoms with Crippen molar-refractivity contribution in [3.05, 3.63) is 72.3 Å². The van der Waals surface area contributed by atoms with Crippen LogP contribution in [0.1, 0.15) is 5.56 Å². The maximum atomic E-state index is 9.53. The Morgan fingerprint density at radius 2 is 1.42 bits per heavy atom. The van der Waals surface area contributed by atoms with Gasteiger partial charge < -0.3 is 14.6 Å². The number of benzene rings is 3. The van der Waals surface area contributed by atoms with E-state index in [1.54, 1.807) is 12.1 Å². The monoisotopic (exact) mass is 312 g/mol. The zero-order chi connectivity index (χ0) is 16.7. The number of rotatable bonds is 2. The molecule has 5 heteroatoms. The van der Waals surface area contributed by atoms with E-state index in [1.165, 1.54) is 6.07 Å². The first kappa shape index (κ1) is 14.5. The molecule has 0 bridgehead atoms. The SMILES string of the molecule is N#Cc1cc(B(O)O)cc(-n2c3ccccc3c3ccccc32)c1. The highest BCUT2D eigenvalue weighted by Gasteiger charge is 2.16. The molecule has 0 spiro atoms. The Balaban J connectivity index is 2.13. The van der Waals surface area contributed by atoms with Crippen molar-refractivity contribution in [1.29, 1.82) is 5.26 Å². The highest BCUT2D eigenvalue weighted by Crippen LogP contribution is 2.31. The quantitative estimate of drug-likeness (QED) is 0.558. The molecular formula is C19H13BN2O2. The Labute approximate surface area is 139 Å². The van der Waals surface area contributed by atoms with Gasteiger partial charge in [-0.2, -0.15) is 5.26 Å². The van der Waals surface area contributed by atoms with Crippen LogP contribution < -0.4 is 5.46 Å². The second kappa shape index (κ2) is 5.53. The van der Waals surface area contributed by atoms with Gasteiger partial charge in [0.25, 0.3) is 0 Å². The number of aromatic nitrogens is 1. The minimum absolute atomic E-state index is 0.297. The molecule has 0 aliphatic rings. The Kier molecular flexibility index (Phi) is 3.35. The van der Waals surface area contributed by atoms with Crippen LogP contribution >= 0.6 is 0 Å². The van der Waals surface area contributed by atoms with E-state index in [0.717, 1.165) is 27.5 Å². The molecule has 114 valence electrons. The number of hydrogen-bond donors (Lipinski definition) is 2. The van der Waals surface area contributed by atoms with Crippen LogP contribution in [0.2, 0.25) is 0 Å². The molecule has 0 aliphatic heterocycles. The number of fused-ring (bicyclic) bond motifs is 3. The minimum atomic E-state index is -1.62. The van der Waals surface area contributed by atoms with Crippen LogP contribution in [0.3, 0.4) is 0 Å². The molecule has 24 heavy (non-hydrogen) atoms. The van der Waals surface area contributed by atoms with Crippen molar-refractivity contribution < 1.29 is 10.0 Å². The van der Waals surface area contributed by atoms with Gasteiger partial charge in [-0.15, -0.1) is 0 Å². The molecule has 1 heterocycles. The molecule has 1 aromatic heterocycles. The molecule has 0 saturated heterocycles. The summed E-state index contributed by atoms with van der Waals surface area (Å²) in [5, 5.41) is 30.6. The van der Waals surface area contributed by atoms with Crippen LogP contribution in [-0.4, -0.2) is 21.7 Å². The predicted molar refractivity (Wildman–Crippen MR) is 95.3 cm³/mol. The topological polar surface area (TPSA) is 69.2 Å². The lowest BCUT2D eigenvalue weighted by molar-refractivity contribution is 0.425. The van der Waals surface area contributed by atoms with Gasteiger partial charge in [0, 0.05) is 16.5 Å². The third kappa shape index (κ3) is 2.17. The summed E-state index contributed by atoms with van der Waals surface area (Å²) >= 11 is 0. The summed E-state index contributed by atoms with van der Waals surface area (Å²) in [5.74, 6) is 0. The van der Waals surface area contributed by atoms with Crippen LogP contribution in [0.5, 0.6) is 0 Å². The molecule has 3 aromatic carbocycles. The summed E-state index contributed by atoms with van der Waals surface area (Å²) in [6, 6.07) is 23.1. The van der Waals surface area contributed by atoms with Crippen LogP contribution in [0.4, 0.5) is 0 Å². The van der Waals surface area contributed by atoms with Gasteiger partial charge >= 0.3 is 7.12 Å². The van der Waals surface area contributed by atoms with Gasteiger partial charge in [0.15, 0.2) is 0 Å². The van der Waals surface area contributed by atoms with Gasteiger partial charge in [-0.05, 0) is 35.8 Å². The molecular weight excluding hydrogens is 299 g/mol. The van der Waals surface area contributed by atoms with Crippen LogP contribution in [0, 0.1) is 11.3 Å². The van der Waals surface area contributed by atoms with E-state index in [0.29, 0.717) is 11.0 Å². The Morgan fingerprint density at radius 1 is 0.833 bits per heavy atom. The van der Waals surface area contributed by atoms with Gasteiger partial charge in [-0.25, -0.2) is 0 Å². The number of nitrogens with zero attached hydrogens (tertiary/aromatic N) is 2. The summed E-state index contributed by atoms with van der Waals surface area (Å²) in [5.41, 5.74) is 3.43. The van der Waals surface area contributed by atoms with Crippen LogP contribution in [0.25, 0.3) is 27.5 Å². The number of hydrogen-bond acceptors (Lipinski definition) is 3. The smallest absolute Gasteiger partial charge is 0.423 e. The van der Waals surface area contributed by atoms with Crippen LogP contribution in [-0.2, 0) is 0 Å². The van der Waals surface area contributed by atoms with Crippen molar-refractivity contribution in [3.63, 3.8) is 0 Å². The first-order valence-electron chi connectivity index (χ1n) is 7.59. The lowest BCUT2D eigenvalue weighted by Gasteiger charge is -2.10. The van der Waals surface area contributed by atoms with E-state index in [2.05, 4.69) is 18.2 Å². The lowest BCUT2D eigenvalue weighted by Crippen LogP contribution is -2.30. The highest BCUT2D eigenvalue weighted by atomic mass is 16.4. The Bertz CT molecular complexity index is 1060. The summed E-state index contributed by atoms with van der Waals surface area (Å²) in [4.78, 5) is 0. The molecule has 2 N–H and O–H groups in total. The van der Waals surface area contributed by atoms with E-state index >= 15 is 0 Å². The van der Waals surface area contributed by atoms with Crippen molar-refractivity contribution >= 4 is 34.4 Å². The Hall–Kier alpha value is -3.07. The second-order valence-corrected chi connectivity index (χ2v) is 5.67. The molecule has 4 rings (SSSR count). The fourth-order valence-corrected chi connectivity index (χ4v) is 3.18. The van der Waals surface area contributed by atoms with Crippen molar-refractivity contribution in [2.24, 2.45) is 0 Å². The predicted octanol–water partition coefficient (Wildman–Crippen LogP) is 2.34. The summed E-state index contributed by atoms with van der Waals surface area (Å²) in [6.45, 7) is 0. The average molecular weight is 312 g/mol. The van der Waals surface area contributed by atoms with E-state index < -0.39 is 7.12 Å². The van der Waals surface area contributed by atoms with Crippen molar-refractivity contribution in [1.82, 2.24) is 4.57 Å². The van der Waals surface area contributed by atoms with Gasteiger partial charge in [0.2, 0.25) is 0 Å². The molecule has 4 nitrogen and oxygen atoms in total. The normalized spacial score (nSPS) is 10.9. The van der Waals surface area contributed by atoms with E-state index in [1.807, 2.05) is 41.0 Å². The highest BCUT2D eigenvalue weighted by molar-refractivity contribution is 6.58. The lowest BCUT2D eigenvalue weighted by atomic mass is 9.79. The zero-order valence-electron chi connectivity index (χ0n) is 12.7. The first-order valence-corrected chi connectivity index (χ1v) is 7.59. The van der Waals surface area contributed by atoms with Gasteiger partial charge in [0.05, 0.1) is 22.7 Å². The molecule has 0 amide bonds. The Morgan fingerprint density at radius 3 is 1.96 bits per heavy atom. The molecule has 0 radical (unpaired) electrons. The average Bonchev–Trinajstić information content (AvgIpc) is 2.96. The third-order valence-electron chi connectivity index (χ3n) is 4.21. The zero-order valence-corrected chi connectivity index (χ0v) is 12.7. The van der Waals surface area contributed by atoms with Crippen molar-refractivity contribution in [2.45, 2.75) is 0 Å². The van der Waals surface area contributed by atoms with Crippen LogP contribution in [0.15, 0.2) is 66.7 Å². The fraction of sp³-hybridized carbons (Fsp3) is 0. The molecule has 0 atom stereocenters. The maximum Gasteiger partial charge on any atom is 0.488 e. The van der Waals surface area contributed by atoms with E-state index in [-0.39, 0.29) is 0 Å². The third-order valence-corrected chi connectivity index (χ3v) is 4.21. The van der Waals surface area contributed by atoms with Gasteiger partial charge in [-0.1, -0.05) is 36.4 Å². The van der Waals surface area contributed by atoms with Crippen molar-refractivity contribution in [2.75, 3.05) is 0 Å².